The molecule has 0 saturated heterocycles. The fraction of sp³-hybridized carbons (Fsp3) is 0.381. The van der Waals surface area contributed by atoms with Crippen molar-refractivity contribution in [1.82, 2.24) is 29.8 Å². The first-order chi connectivity index (χ1) is 13.5. The van der Waals surface area contributed by atoms with Gasteiger partial charge >= 0.3 is 0 Å². The highest BCUT2D eigenvalue weighted by molar-refractivity contribution is 5.79. The predicted octanol–water partition coefficient (Wildman–Crippen LogP) is 2.94. The fourth-order valence-corrected chi connectivity index (χ4v) is 3.35. The zero-order valence-corrected chi connectivity index (χ0v) is 17.3. The topological polar surface area (TPSA) is 63.3 Å². The van der Waals surface area contributed by atoms with Gasteiger partial charge in [0.05, 0.1) is 11.4 Å². The summed E-state index contributed by atoms with van der Waals surface area (Å²) in [5.74, 6) is 1.23. The highest BCUT2D eigenvalue weighted by Gasteiger charge is 2.15. The molecule has 0 saturated carbocycles. The van der Waals surface area contributed by atoms with Gasteiger partial charge in [-0.25, -0.2) is 4.68 Å². The average Bonchev–Trinajstić information content (AvgIpc) is 3.32. The Balaban J connectivity index is 1.71. The van der Waals surface area contributed by atoms with Crippen molar-refractivity contribution in [3.63, 3.8) is 0 Å². The van der Waals surface area contributed by atoms with Crippen molar-refractivity contribution in [2.75, 3.05) is 14.1 Å². The van der Waals surface area contributed by atoms with Crippen molar-refractivity contribution in [2.24, 2.45) is 12.0 Å². The first-order valence-electron chi connectivity index (χ1n) is 9.51. The van der Waals surface area contributed by atoms with Crippen LogP contribution in [0, 0.1) is 0 Å². The van der Waals surface area contributed by atoms with Crippen LogP contribution in [0.3, 0.4) is 0 Å². The number of benzene rings is 1. The van der Waals surface area contributed by atoms with Gasteiger partial charge in [0, 0.05) is 58.4 Å². The van der Waals surface area contributed by atoms with Crippen molar-refractivity contribution in [3.05, 3.63) is 65.7 Å². The molecular weight excluding hydrogens is 350 g/mol. The van der Waals surface area contributed by atoms with Crippen LogP contribution in [0.1, 0.15) is 36.6 Å². The number of nitrogens with one attached hydrogen (secondary N) is 1. The molecule has 2 aromatic heterocycles. The Morgan fingerprint density at radius 3 is 2.68 bits per heavy atom. The minimum Gasteiger partial charge on any atom is -0.352 e. The lowest BCUT2D eigenvalue weighted by molar-refractivity contribution is 0.473. The minimum absolute atomic E-state index is 0.389. The summed E-state index contributed by atoms with van der Waals surface area (Å²) < 4.78 is 3.77. The highest BCUT2D eigenvalue weighted by atomic mass is 15.3. The molecule has 7 heteroatoms. The number of nitrogens with zero attached hydrogens (tertiary/aromatic N) is 6. The van der Waals surface area contributed by atoms with Gasteiger partial charge < -0.3 is 10.2 Å². The summed E-state index contributed by atoms with van der Waals surface area (Å²) >= 11 is 0. The second-order valence-electron chi connectivity index (χ2n) is 7.20. The lowest BCUT2D eigenvalue weighted by Crippen LogP contribution is -2.38. The Bertz CT molecular complexity index is 922. The Hall–Kier alpha value is -3.09. The van der Waals surface area contributed by atoms with E-state index in [4.69, 9.17) is 0 Å². The summed E-state index contributed by atoms with van der Waals surface area (Å²) in [7, 11) is 5.82. The van der Waals surface area contributed by atoms with Crippen LogP contribution in [0.5, 0.6) is 0 Å². The molecule has 0 aliphatic carbocycles. The van der Waals surface area contributed by atoms with E-state index in [9.17, 15) is 0 Å². The van der Waals surface area contributed by atoms with Gasteiger partial charge in [0.2, 0.25) is 0 Å². The average molecular weight is 380 g/mol. The van der Waals surface area contributed by atoms with Gasteiger partial charge in [0.1, 0.15) is 0 Å². The lowest BCUT2D eigenvalue weighted by atomic mass is 10.1. The number of hydrogen-bond acceptors (Lipinski definition) is 3. The SMILES string of the molecule is CN=C(NCc1ccccc1-n1cccn1)N(C)Cc1cn(C)nc1C(C)C. The monoisotopic (exact) mass is 379 g/mol. The lowest BCUT2D eigenvalue weighted by Gasteiger charge is -2.23. The summed E-state index contributed by atoms with van der Waals surface area (Å²) in [6.07, 6.45) is 5.83. The molecule has 3 rings (SSSR count). The molecule has 0 bridgehead atoms. The number of aliphatic imine (C=N–C) groups is 1. The maximum atomic E-state index is 4.60. The van der Waals surface area contributed by atoms with E-state index in [0.29, 0.717) is 12.5 Å². The smallest absolute Gasteiger partial charge is 0.193 e. The van der Waals surface area contributed by atoms with Crippen molar-refractivity contribution < 1.29 is 0 Å². The van der Waals surface area contributed by atoms with Crippen molar-refractivity contribution >= 4 is 5.96 Å². The molecular formula is C21H29N7. The van der Waals surface area contributed by atoms with Crippen LogP contribution in [0.4, 0.5) is 0 Å². The third-order valence-electron chi connectivity index (χ3n) is 4.64. The van der Waals surface area contributed by atoms with E-state index in [1.807, 2.05) is 54.9 Å². The number of aromatic nitrogens is 4. The molecule has 2 heterocycles. The van der Waals surface area contributed by atoms with Gasteiger partial charge in [-0.05, 0) is 23.6 Å². The number of para-hydroxylation sites is 1. The van der Waals surface area contributed by atoms with E-state index in [0.717, 1.165) is 29.4 Å². The van der Waals surface area contributed by atoms with E-state index >= 15 is 0 Å². The van der Waals surface area contributed by atoms with E-state index in [2.05, 4.69) is 57.6 Å². The van der Waals surface area contributed by atoms with Gasteiger partial charge in [-0.15, -0.1) is 0 Å². The van der Waals surface area contributed by atoms with Crippen LogP contribution < -0.4 is 5.32 Å². The largest absolute Gasteiger partial charge is 0.352 e. The zero-order chi connectivity index (χ0) is 20.1. The molecule has 0 fully saturated rings. The summed E-state index contributed by atoms with van der Waals surface area (Å²) in [4.78, 5) is 6.58. The maximum Gasteiger partial charge on any atom is 0.193 e. The van der Waals surface area contributed by atoms with Crippen molar-refractivity contribution in [3.8, 4) is 5.69 Å². The Kier molecular flexibility index (Phi) is 6.13. The molecule has 3 aromatic rings. The number of guanidine groups is 1. The molecule has 1 N–H and O–H groups in total. The van der Waals surface area contributed by atoms with Crippen LogP contribution in [0.2, 0.25) is 0 Å². The molecule has 148 valence electrons. The Labute approximate surface area is 166 Å². The summed E-state index contributed by atoms with van der Waals surface area (Å²) in [6, 6.07) is 10.2. The number of aryl methyl sites for hydroxylation is 1. The Morgan fingerprint density at radius 1 is 1.21 bits per heavy atom. The van der Waals surface area contributed by atoms with E-state index < -0.39 is 0 Å². The first-order valence-corrected chi connectivity index (χ1v) is 9.51. The van der Waals surface area contributed by atoms with Crippen LogP contribution in [0.15, 0.2) is 53.9 Å². The number of rotatable bonds is 6. The standard InChI is InChI=1S/C21H29N7/c1-16(2)20-18(15-27(5)25-20)14-26(4)21(22-3)23-13-17-9-6-7-10-19(17)28-12-8-11-24-28/h6-12,15-16H,13-14H2,1-5H3,(H,22,23). The van der Waals surface area contributed by atoms with Crippen molar-refractivity contribution in [1.29, 1.82) is 0 Å². The molecule has 0 atom stereocenters. The molecule has 7 nitrogen and oxygen atoms in total. The van der Waals surface area contributed by atoms with Gasteiger partial charge in [-0.2, -0.15) is 10.2 Å². The van der Waals surface area contributed by atoms with Gasteiger partial charge in [-0.3, -0.25) is 9.67 Å². The third-order valence-corrected chi connectivity index (χ3v) is 4.64. The first kappa shape index (κ1) is 19.7. The highest BCUT2D eigenvalue weighted by Crippen LogP contribution is 2.19. The molecule has 28 heavy (non-hydrogen) atoms. The van der Waals surface area contributed by atoms with Crippen LogP contribution in [-0.4, -0.2) is 44.5 Å². The Morgan fingerprint density at radius 2 is 2.00 bits per heavy atom. The molecule has 0 radical (unpaired) electrons. The number of hydrogen-bond donors (Lipinski definition) is 1. The quantitative estimate of drug-likeness (QED) is 0.528. The zero-order valence-electron chi connectivity index (χ0n) is 17.3. The molecule has 0 aliphatic heterocycles. The van der Waals surface area contributed by atoms with Gasteiger partial charge in [0.25, 0.3) is 0 Å². The van der Waals surface area contributed by atoms with Crippen molar-refractivity contribution in [2.45, 2.75) is 32.9 Å². The summed E-state index contributed by atoms with van der Waals surface area (Å²) in [6.45, 7) is 5.76. The normalized spacial score (nSPS) is 11.9. The van der Waals surface area contributed by atoms with Gasteiger partial charge in [-0.1, -0.05) is 32.0 Å². The molecule has 0 spiro atoms. The summed E-state index contributed by atoms with van der Waals surface area (Å²) in [5.41, 5.74) is 4.58. The van der Waals surface area contributed by atoms with Crippen LogP contribution in [-0.2, 0) is 20.1 Å². The van der Waals surface area contributed by atoms with Crippen LogP contribution >= 0.6 is 0 Å². The van der Waals surface area contributed by atoms with E-state index in [-0.39, 0.29) is 0 Å². The second kappa shape index (κ2) is 8.73. The minimum atomic E-state index is 0.389. The maximum absolute atomic E-state index is 4.60. The molecule has 0 aliphatic rings. The molecule has 1 aromatic carbocycles. The third kappa shape index (κ3) is 4.42. The van der Waals surface area contributed by atoms with Gasteiger partial charge in [0.15, 0.2) is 5.96 Å². The summed E-state index contributed by atoms with van der Waals surface area (Å²) in [5, 5.41) is 12.4. The van der Waals surface area contributed by atoms with E-state index in [1.54, 1.807) is 6.20 Å². The van der Waals surface area contributed by atoms with Crippen LogP contribution in [0.25, 0.3) is 5.69 Å². The fourth-order valence-electron chi connectivity index (χ4n) is 3.35. The molecule has 0 amide bonds. The molecule has 0 unspecified atom stereocenters. The van der Waals surface area contributed by atoms with E-state index in [1.165, 1.54) is 5.56 Å². The second-order valence-corrected chi connectivity index (χ2v) is 7.20. The predicted molar refractivity (Wildman–Crippen MR) is 113 cm³/mol.